The van der Waals surface area contributed by atoms with Gasteiger partial charge >= 0.3 is 0 Å². The fourth-order valence-corrected chi connectivity index (χ4v) is 5.67. The molecule has 0 bridgehead atoms. The molecule has 3 aromatic heterocycles. The highest BCUT2D eigenvalue weighted by atomic mass is 35.5. The van der Waals surface area contributed by atoms with Crippen molar-refractivity contribution in [3.63, 3.8) is 0 Å². The zero-order chi connectivity index (χ0) is 22.6. The lowest BCUT2D eigenvalue weighted by atomic mass is 9.90. The summed E-state index contributed by atoms with van der Waals surface area (Å²) in [4.78, 5) is 30.7. The molecule has 1 aliphatic rings. The van der Waals surface area contributed by atoms with Crippen LogP contribution in [0.3, 0.4) is 0 Å². The van der Waals surface area contributed by atoms with E-state index < -0.39 is 9.84 Å². The maximum absolute atomic E-state index is 13.4. The average Bonchev–Trinajstić information content (AvgIpc) is 3.06. The molecule has 0 aliphatic heterocycles. The van der Waals surface area contributed by atoms with Crippen LogP contribution in [0.1, 0.15) is 27.3 Å². The summed E-state index contributed by atoms with van der Waals surface area (Å²) in [5.74, 6) is -0.582. The molecule has 0 atom stereocenters. The van der Waals surface area contributed by atoms with Gasteiger partial charge in [-0.1, -0.05) is 24.3 Å². The average molecular weight is 482 g/mol. The van der Waals surface area contributed by atoms with Crippen LogP contribution in [0.4, 0.5) is 0 Å². The quantitative estimate of drug-likeness (QED) is 0.445. The number of carbonyl (C=O) groups is 1. The molecule has 1 aromatic carbocycles. The van der Waals surface area contributed by atoms with Crippen LogP contribution >= 0.6 is 12.4 Å². The zero-order valence-corrected chi connectivity index (χ0v) is 19.5. The minimum absolute atomic E-state index is 0. The van der Waals surface area contributed by atoms with Crippen LogP contribution in [-0.4, -0.2) is 28.3 Å². The fraction of sp³-hybridized carbons (Fsp3) is 0.125. The fourth-order valence-electron chi connectivity index (χ4n) is 4.23. The van der Waals surface area contributed by atoms with Gasteiger partial charge in [-0.05, 0) is 24.3 Å². The molecule has 0 spiro atoms. The van der Waals surface area contributed by atoms with Gasteiger partial charge in [0.2, 0.25) is 0 Å². The largest absolute Gasteiger partial charge is 0.346 e. The van der Waals surface area contributed by atoms with Gasteiger partial charge in [-0.15, -0.1) is 12.4 Å². The summed E-state index contributed by atoms with van der Waals surface area (Å²) < 4.78 is 29.3. The Bertz CT molecular complexity index is 1600. The number of nitrogens with zero attached hydrogens (tertiary/aromatic N) is 3. The second-order valence-electron chi connectivity index (χ2n) is 7.80. The molecule has 0 saturated carbocycles. The maximum atomic E-state index is 13.4. The van der Waals surface area contributed by atoms with Crippen molar-refractivity contribution in [1.82, 2.24) is 14.1 Å². The van der Waals surface area contributed by atoms with Crippen LogP contribution in [0.25, 0.3) is 22.4 Å². The van der Waals surface area contributed by atoms with Gasteiger partial charge in [-0.25, -0.2) is 8.42 Å². The molecule has 3 heterocycles. The SMILES string of the molecule is Cl.Cn1c2c3c(cn(C)c(=O)c3c1CS(=O)(=O)c1ccccc1)C(=O)C(c1cccnc1)=C2. The third-order valence-electron chi connectivity index (χ3n) is 5.86. The van der Waals surface area contributed by atoms with Gasteiger partial charge in [0.25, 0.3) is 5.56 Å². The lowest BCUT2D eigenvalue weighted by Gasteiger charge is -2.15. The summed E-state index contributed by atoms with van der Waals surface area (Å²) in [6, 6.07) is 11.7. The number of pyridine rings is 2. The normalized spacial score (nSPS) is 13.0. The Hall–Kier alpha value is -3.49. The number of halogens is 1. The van der Waals surface area contributed by atoms with Crippen LogP contribution in [0.2, 0.25) is 0 Å². The smallest absolute Gasteiger partial charge is 0.260 e. The highest BCUT2D eigenvalue weighted by Crippen LogP contribution is 2.37. The molecule has 7 nitrogen and oxygen atoms in total. The van der Waals surface area contributed by atoms with E-state index in [0.29, 0.717) is 33.5 Å². The Morgan fingerprint density at radius 3 is 2.36 bits per heavy atom. The Morgan fingerprint density at radius 1 is 0.970 bits per heavy atom. The molecule has 5 rings (SSSR count). The molecule has 0 fully saturated rings. The van der Waals surface area contributed by atoms with Crippen molar-refractivity contribution in [3.8, 4) is 0 Å². The van der Waals surface area contributed by atoms with Gasteiger partial charge in [-0.3, -0.25) is 14.6 Å². The molecule has 0 amide bonds. The summed E-state index contributed by atoms with van der Waals surface area (Å²) in [6.45, 7) is 0. The minimum atomic E-state index is -3.71. The first-order valence-electron chi connectivity index (χ1n) is 9.95. The van der Waals surface area contributed by atoms with E-state index in [0.717, 1.165) is 0 Å². The zero-order valence-electron chi connectivity index (χ0n) is 17.8. The van der Waals surface area contributed by atoms with Crippen molar-refractivity contribution in [2.45, 2.75) is 10.6 Å². The Kier molecular flexibility index (Phi) is 5.59. The maximum Gasteiger partial charge on any atom is 0.260 e. The summed E-state index contributed by atoms with van der Waals surface area (Å²) in [7, 11) is -0.419. The molecule has 4 aromatic rings. The minimum Gasteiger partial charge on any atom is -0.346 e. The summed E-state index contributed by atoms with van der Waals surface area (Å²) in [5.41, 5.74) is 2.13. The van der Waals surface area contributed by atoms with Gasteiger partial charge < -0.3 is 9.13 Å². The number of hydrogen-bond acceptors (Lipinski definition) is 5. The number of rotatable bonds is 4. The van der Waals surface area contributed by atoms with Crippen LogP contribution in [-0.2, 0) is 29.7 Å². The van der Waals surface area contributed by atoms with Gasteiger partial charge in [-0.2, -0.15) is 0 Å². The lowest BCUT2D eigenvalue weighted by molar-refractivity contribution is 0.105. The van der Waals surface area contributed by atoms with E-state index in [-0.39, 0.29) is 39.8 Å². The molecule has 0 N–H and O–H groups in total. The molecule has 0 unspecified atom stereocenters. The number of ketones is 1. The van der Waals surface area contributed by atoms with E-state index in [2.05, 4.69) is 4.98 Å². The third-order valence-corrected chi connectivity index (χ3v) is 7.50. The first kappa shape index (κ1) is 22.7. The van der Waals surface area contributed by atoms with Crippen LogP contribution in [0, 0.1) is 0 Å². The molecule has 168 valence electrons. The standard InChI is InChI=1S/C24H19N3O4S.ClH/c1-26-13-18-21-19(11-17(23(18)28)15-7-6-10-25-12-15)27(2)20(22(21)24(26)29)14-32(30,31)16-8-4-3-5-9-16;/h3-13H,14H2,1-2H3;1H. The number of hydrogen-bond donors (Lipinski definition) is 0. The highest BCUT2D eigenvalue weighted by molar-refractivity contribution is 7.90. The van der Waals surface area contributed by atoms with E-state index in [1.54, 1.807) is 67.5 Å². The van der Waals surface area contributed by atoms with Crippen LogP contribution in [0.5, 0.6) is 0 Å². The molecule has 9 heteroatoms. The van der Waals surface area contributed by atoms with E-state index in [4.69, 9.17) is 0 Å². The van der Waals surface area contributed by atoms with Crippen molar-refractivity contribution >= 4 is 50.4 Å². The number of allylic oxidation sites excluding steroid dienone is 1. The van der Waals surface area contributed by atoms with Crippen LogP contribution < -0.4 is 5.56 Å². The van der Waals surface area contributed by atoms with Crippen molar-refractivity contribution in [1.29, 1.82) is 0 Å². The van der Waals surface area contributed by atoms with Gasteiger partial charge in [0.15, 0.2) is 15.6 Å². The number of aromatic nitrogens is 3. The van der Waals surface area contributed by atoms with Gasteiger partial charge in [0.05, 0.1) is 21.7 Å². The predicted molar refractivity (Wildman–Crippen MR) is 129 cm³/mol. The summed E-state index contributed by atoms with van der Waals surface area (Å²) >= 11 is 0. The van der Waals surface area contributed by atoms with Crippen molar-refractivity contribution in [2.24, 2.45) is 14.1 Å². The van der Waals surface area contributed by atoms with Gasteiger partial charge in [0, 0.05) is 60.5 Å². The molecule has 1 aliphatic carbocycles. The van der Waals surface area contributed by atoms with Gasteiger partial charge in [0.1, 0.15) is 0 Å². The van der Waals surface area contributed by atoms with Crippen molar-refractivity contribution in [2.75, 3.05) is 0 Å². The molecule has 0 saturated heterocycles. The first-order chi connectivity index (χ1) is 15.3. The lowest BCUT2D eigenvalue weighted by Crippen LogP contribution is -2.21. The first-order valence-corrected chi connectivity index (χ1v) is 11.6. The van der Waals surface area contributed by atoms with E-state index in [9.17, 15) is 18.0 Å². The number of sulfone groups is 1. The van der Waals surface area contributed by atoms with Crippen molar-refractivity contribution < 1.29 is 13.2 Å². The second-order valence-corrected chi connectivity index (χ2v) is 9.79. The molecule has 33 heavy (non-hydrogen) atoms. The summed E-state index contributed by atoms with van der Waals surface area (Å²) in [5, 5.41) is 0.753. The molecular formula is C24H20ClN3O4S. The Balaban J connectivity index is 0.00000259. The van der Waals surface area contributed by atoms with E-state index in [1.165, 1.54) is 22.9 Å². The molecule has 0 radical (unpaired) electrons. The monoisotopic (exact) mass is 481 g/mol. The number of aryl methyl sites for hydroxylation is 1. The topological polar surface area (TPSA) is 91.0 Å². The Morgan fingerprint density at radius 2 is 1.70 bits per heavy atom. The number of carbonyl (C=O) groups excluding carboxylic acids is 1. The van der Waals surface area contributed by atoms with E-state index in [1.807, 2.05) is 0 Å². The number of benzene rings is 1. The third kappa shape index (κ3) is 3.51. The van der Waals surface area contributed by atoms with Crippen LogP contribution in [0.15, 0.2) is 70.7 Å². The Labute approximate surface area is 196 Å². The molecular weight excluding hydrogens is 462 g/mol. The second kappa shape index (κ2) is 8.13. The highest BCUT2D eigenvalue weighted by Gasteiger charge is 2.31. The van der Waals surface area contributed by atoms with E-state index >= 15 is 0 Å². The predicted octanol–water partition coefficient (Wildman–Crippen LogP) is 3.40. The van der Waals surface area contributed by atoms with Crippen molar-refractivity contribution in [3.05, 3.63) is 93.9 Å². The number of Topliss-reactive ketones (excluding diaryl/α,β-unsaturated/α-hetero) is 1. The summed E-state index contributed by atoms with van der Waals surface area (Å²) in [6.07, 6.45) is 6.47.